The number of hydrogen-bond acceptors (Lipinski definition) is 5. The van der Waals surface area contributed by atoms with Gasteiger partial charge in [0.25, 0.3) is 15.9 Å². The van der Waals surface area contributed by atoms with Crippen molar-refractivity contribution in [1.29, 1.82) is 0 Å². The highest BCUT2D eigenvalue weighted by molar-refractivity contribution is 7.93. The number of carbonyl (C=O) groups excluding carboxylic acids is 1. The maximum Gasteiger partial charge on any atom is 0.416 e. The standard InChI is InChI=1S/C30H27F5N2O5S2/c31-20-7-9-21(10-8-20)44(41,42)37-24-12-11-22(28(38)36-17-19-3-1-2-4-23(19)30(33,34)35)26(32)25(24)29(27(37)18-5-6-18)13-15-43(39,40)16-14-29/h1-4,7-12,18,27H,5-6,13-17H2,(H,36,38). The number of sulfone groups is 1. The first-order valence-corrected chi connectivity index (χ1v) is 17.2. The fourth-order valence-electron chi connectivity index (χ4n) is 6.64. The number of nitrogens with zero attached hydrogens (tertiary/aromatic N) is 1. The minimum atomic E-state index is -4.68. The summed E-state index contributed by atoms with van der Waals surface area (Å²) in [4.78, 5) is 13.0. The summed E-state index contributed by atoms with van der Waals surface area (Å²) in [6, 6.07) is 10.3. The zero-order chi connectivity index (χ0) is 31.7. The van der Waals surface area contributed by atoms with Crippen LogP contribution in [0.3, 0.4) is 0 Å². The van der Waals surface area contributed by atoms with Crippen LogP contribution in [0, 0.1) is 17.6 Å². The van der Waals surface area contributed by atoms with Gasteiger partial charge in [-0.1, -0.05) is 18.2 Å². The van der Waals surface area contributed by atoms with Crippen LogP contribution >= 0.6 is 0 Å². The molecule has 234 valence electrons. The zero-order valence-electron chi connectivity index (χ0n) is 23.1. The van der Waals surface area contributed by atoms with E-state index in [1.54, 1.807) is 0 Å². The molecule has 7 nitrogen and oxygen atoms in total. The van der Waals surface area contributed by atoms with Gasteiger partial charge < -0.3 is 5.32 Å². The molecule has 1 saturated carbocycles. The van der Waals surface area contributed by atoms with Crippen LogP contribution in [-0.4, -0.2) is 40.3 Å². The topological polar surface area (TPSA) is 101 Å². The molecule has 2 heterocycles. The summed E-state index contributed by atoms with van der Waals surface area (Å²) >= 11 is 0. The number of rotatable bonds is 6. The highest BCUT2D eigenvalue weighted by Crippen LogP contribution is 2.60. The van der Waals surface area contributed by atoms with Crippen LogP contribution in [0.1, 0.15) is 52.7 Å². The molecule has 1 N–H and O–H groups in total. The zero-order valence-corrected chi connectivity index (χ0v) is 24.7. The van der Waals surface area contributed by atoms with Crippen molar-refractivity contribution in [1.82, 2.24) is 5.32 Å². The molecule has 3 aromatic rings. The Morgan fingerprint density at radius 2 is 1.59 bits per heavy atom. The lowest BCUT2D eigenvalue weighted by Crippen LogP contribution is -2.52. The molecule has 2 fully saturated rings. The summed E-state index contributed by atoms with van der Waals surface area (Å²) in [6.07, 6.45) is -3.60. The first-order valence-electron chi connectivity index (χ1n) is 13.9. The Hall–Kier alpha value is -3.52. The third kappa shape index (κ3) is 5.15. The molecule has 0 aromatic heterocycles. The lowest BCUT2D eigenvalue weighted by atomic mass is 9.70. The number of nitrogens with one attached hydrogen (secondary N) is 1. The van der Waals surface area contributed by atoms with E-state index in [4.69, 9.17) is 0 Å². The summed E-state index contributed by atoms with van der Waals surface area (Å²) in [6.45, 7) is -0.551. The number of sulfonamides is 1. The van der Waals surface area contributed by atoms with Crippen molar-refractivity contribution in [3.8, 4) is 0 Å². The number of benzene rings is 3. The molecule has 3 aromatic carbocycles. The summed E-state index contributed by atoms with van der Waals surface area (Å²) in [5.74, 6) is -3.56. The Balaban J connectivity index is 1.45. The second kappa shape index (κ2) is 10.5. The van der Waals surface area contributed by atoms with E-state index in [1.165, 1.54) is 24.3 Å². The first-order chi connectivity index (χ1) is 20.7. The van der Waals surface area contributed by atoms with E-state index in [-0.39, 0.29) is 52.0 Å². The molecule has 2 aliphatic heterocycles. The third-order valence-electron chi connectivity index (χ3n) is 8.84. The average Bonchev–Trinajstić information content (AvgIpc) is 3.76. The molecular formula is C30H27F5N2O5S2. The Kier molecular flexibility index (Phi) is 7.31. The van der Waals surface area contributed by atoms with Crippen LogP contribution in [0.15, 0.2) is 65.6 Å². The number of hydrogen-bond donors (Lipinski definition) is 1. The molecule has 6 rings (SSSR count). The van der Waals surface area contributed by atoms with Crippen molar-refractivity contribution in [2.24, 2.45) is 5.92 Å². The fraction of sp³-hybridized carbons (Fsp3) is 0.367. The van der Waals surface area contributed by atoms with Gasteiger partial charge in [0.2, 0.25) is 0 Å². The van der Waals surface area contributed by atoms with E-state index in [9.17, 15) is 39.2 Å². The number of carbonyl (C=O) groups is 1. The molecule has 3 aliphatic rings. The van der Waals surface area contributed by atoms with Gasteiger partial charge in [0.15, 0.2) is 0 Å². The molecule has 0 bridgehead atoms. The van der Waals surface area contributed by atoms with Gasteiger partial charge in [0.1, 0.15) is 21.5 Å². The summed E-state index contributed by atoms with van der Waals surface area (Å²) in [5, 5.41) is 2.34. The van der Waals surface area contributed by atoms with Gasteiger partial charge in [-0.05, 0) is 79.6 Å². The van der Waals surface area contributed by atoms with Crippen LogP contribution in [0.25, 0.3) is 0 Å². The Morgan fingerprint density at radius 3 is 2.20 bits per heavy atom. The molecule has 1 spiro atoms. The van der Waals surface area contributed by atoms with Crippen LogP contribution in [0.5, 0.6) is 0 Å². The number of amides is 1. The summed E-state index contributed by atoms with van der Waals surface area (Å²) < 4.78 is 125. The molecule has 0 radical (unpaired) electrons. The second-order valence-electron chi connectivity index (χ2n) is 11.5. The summed E-state index contributed by atoms with van der Waals surface area (Å²) in [5.41, 5.74) is -3.10. The Bertz CT molecular complexity index is 1840. The first kappa shape index (κ1) is 30.5. The van der Waals surface area contributed by atoms with Crippen molar-refractivity contribution in [3.63, 3.8) is 0 Å². The molecule has 1 aliphatic carbocycles. The Morgan fingerprint density at radius 1 is 0.955 bits per heavy atom. The second-order valence-corrected chi connectivity index (χ2v) is 15.6. The van der Waals surface area contributed by atoms with Crippen LogP contribution in [0.4, 0.5) is 27.6 Å². The molecule has 44 heavy (non-hydrogen) atoms. The number of halogens is 5. The lowest BCUT2D eigenvalue weighted by molar-refractivity contribution is -0.138. The van der Waals surface area contributed by atoms with Crippen molar-refractivity contribution in [2.75, 3.05) is 15.8 Å². The molecule has 1 amide bonds. The van der Waals surface area contributed by atoms with Crippen LogP contribution in [-0.2, 0) is 38.0 Å². The van der Waals surface area contributed by atoms with Gasteiger partial charge in [-0.25, -0.2) is 25.6 Å². The van der Waals surface area contributed by atoms with Crippen molar-refractivity contribution in [3.05, 3.63) is 94.6 Å². The molecule has 1 saturated heterocycles. The smallest absolute Gasteiger partial charge is 0.348 e. The van der Waals surface area contributed by atoms with E-state index in [2.05, 4.69) is 5.32 Å². The van der Waals surface area contributed by atoms with Crippen LogP contribution in [0.2, 0.25) is 0 Å². The molecule has 1 atom stereocenters. The predicted octanol–water partition coefficient (Wildman–Crippen LogP) is 5.35. The fourth-order valence-corrected chi connectivity index (χ4v) is 9.99. The SMILES string of the molecule is O=C(NCc1ccccc1C(F)(F)F)c1ccc2c(c1F)C1(CCS(=O)(=O)CC1)C(C1CC1)N2S(=O)(=O)c1ccc(F)cc1. The average molecular weight is 655 g/mol. The van der Waals surface area contributed by atoms with Crippen molar-refractivity contribution in [2.45, 2.75) is 54.8 Å². The van der Waals surface area contributed by atoms with Gasteiger partial charge in [-0.15, -0.1) is 0 Å². The lowest BCUT2D eigenvalue weighted by Gasteiger charge is -2.41. The highest BCUT2D eigenvalue weighted by atomic mass is 32.2. The van der Waals surface area contributed by atoms with Gasteiger partial charge in [0.05, 0.1) is 39.3 Å². The van der Waals surface area contributed by atoms with Gasteiger partial charge in [-0.2, -0.15) is 13.2 Å². The summed E-state index contributed by atoms with van der Waals surface area (Å²) in [7, 11) is -7.88. The van der Waals surface area contributed by atoms with E-state index >= 15 is 4.39 Å². The maximum atomic E-state index is 16.7. The van der Waals surface area contributed by atoms with Crippen molar-refractivity contribution >= 4 is 31.5 Å². The van der Waals surface area contributed by atoms with Crippen LogP contribution < -0.4 is 9.62 Å². The molecule has 1 unspecified atom stereocenters. The quantitative estimate of drug-likeness (QED) is 0.362. The largest absolute Gasteiger partial charge is 0.416 e. The normalized spacial score (nSPS) is 20.8. The van der Waals surface area contributed by atoms with Crippen molar-refractivity contribution < 1.29 is 43.6 Å². The van der Waals surface area contributed by atoms with E-state index < -0.39 is 72.7 Å². The maximum absolute atomic E-state index is 16.7. The van der Waals surface area contributed by atoms with Gasteiger partial charge in [0, 0.05) is 17.5 Å². The monoisotopic (exact) mass is 654 g/mol. The predicted molar refractivity (Wildman–Crippen MR) is 151 cm³/mol. The van der Waals surface area contributed by atoms with Gasteiger partial charge >= 0.3 is 6.18 Å². The highest BCUT2D eigenvalue weighted by Gasteiger charge is 2.62. The number of alkyl halides is 3. The minimum absolute atomic E-state index is 0.0398. The van der Waals surface area contributed by atoms with Gasteiger partial charge in [-0.3, -0.25) is 9.10 Å². The van der Waals surface area contributed by atoms with E-state index in [0.717, 1.165) is 40.7 Å². The molecular weight excluding hydrogens is 627 g/mol. The van der Waals surface area contributed by atoms with E-state index in [0.29, 0.717) is 12.8 Å². The number of anilines is 1. The minimum Gasteiger partial charge on any atom is -0.348 e. The number of fused-ring (bicyclic) bond motifs is 2. The molecule has 14 heteroatoms. The Labute approximate surface area is 251 Å². The third-order valence-corrected chi connectivity index (χ3v) is 12.3. The van der Waals surface area contributed by atoms with E-state index in [1.807, 2.05) is 0 Å².